The van der Waals surface area contributed by atoms with Crippen LogP contribution in [0.15, 0.2) is 0 Å². The number of rotatable bonds is 2. The lowest BCUT2D eigenvalue weighted by atomic mass is 9.98. The average molecular weight is 219 g/mol. The fraction of sp³-hybridized carbons (Fsp3) is 0.909. The highest BCUT2D eigenvalue weighted by Gasteiger charge is 2.18. The minimum atomic E-state index is -0.513. The van der Waals surface area contributed by atoms with Gasteiger partial charge in [0.15, 0.2) is 0 Å². The summed E-state index contributed by atoms with van der Waals surface area (Å²) in [7, 11) is 0. The molecule has 0 heterocycles. The molecule has 0 aromatic rings. The second-order valence-corrected chi connectivity index (χ2v) is 4.67. The molecule has 1 saturated carbocycles. The van der Waals surface area contributed by atoms with Crippen molar-refractivity contribution in [3.8, 4) is 0 Å². The van der Waals surface area contributed by atoms with Crippen molar-refractivity contribution in [2.75, 3.05) is 0 Å². The molecule has 0 aliphatic heterocycles. The van der Waals surface area contributed by atoms with Crippen LogP contribution in [0.2, 0.25) is 0 Å². The van der Waals surface area contributed by atoms with Gasteiger partial charge in [-0.05, 0) is 32.6 Å². The molecule has 1 atom stereocenters. The lowest BCUT2D eigenvalue weighted by Crippen LogP contribution is -2.23. The first-order valence-corrected chi connectivity index (χ1v) is 5.98. The largest absolute Gasteiger partial charge is 0.461 e. The molecule has 0 N–H and O–H groups in total. The standard InChI is InChI=1S/C11H19ClO2/c1-9(12)11(13)14-10-7-5-3-2-4-6-8-10/h9-10H,2-8H2,1H3/t9-/m0/s1. The Balaban J connectivity index is 2.30. The molecule has 1 aliphatic rings. The molecule has 1 fully saturated rings. The topological polar surface area (TPSA) is 26.3 Å². The first kappa shape index (κ1) is 11.8. The fourth-order valence-corrected chi connectivity index (χ4v) is 1.85. The summed E-state index contributed by atoms with van der Waals surface area (Å²) in [6.45, 7) is 1.66. The lowest BCUT2D eigenvalue weighted by molar-refractivity contribution is -0.149. The molecule has 82 valence electrons. The van der Waals surface area contributed by atoms with E-state index in [-0.39, 0.29) is 12.1 Å². The molecule has 2 nitrogen and oxygen atoms in total. The van der Waals surface area contributed by atoms with Crippen LogP contribution in [0.1, 0.15) is 51.9 Å². The summed E-state index contributed by atoms with van der Waals surface area (Å²) in [5.41, 5.74) is 0. The Labute approximate surface area is 91.0 Å². The maximum atomic E-state index is 11.3. The van der Waals surface area contributed by atoms with Crippen molar-refractivity contribution < 1.29 is 9.53 Å². The van der Waals surface area contributed by atoms with E-state index in [1.165, 1.54) is 32.1 Å². The van der Waals surface area contributed by atoms with Gasteiger partial charge in [0, 0.05) is 0 Å². The van der Waals surface area contributed by atoms with Crippen molar-refractivity contribution >= 4 is 17.6 Å². The van der Waals surface area contributed by atoms with Gasteiger partial charge >= 0.3 is 5.97 Å². The first-order valence-electron chi connectivity index (χ1n) is 5.54. The Morgan fingerprint density at radius 1 is 1.21 bits per heavy atom. The monoisotopic (exact) mass is 218 g/mol. The number of hydrogen-bond donors (Lipinski definition) is 0. The van der Waals surface area contributed by atoms with Crippen LogP contribution in [-0.2, 0) is 9.53 Å². The van der Waals surface area contributed by atoms with Crippen molar-refractivity contribution in [1.29, 1.82) is 0 Å². The Kier molecular flexibility index (Phi) is 5.31. The van der Waals surface area contributed by atoms with E-state index in [1.54, 1.807) is 6.92 Å². The molecule has 1 aliphatic carbocycles. The van der Waals surface area contributed by atoms with E-state index >= 15 is 0 Å². The van der Waals surface area contributed by atoms with Crippen molar-refractivity contribution in [3.05, 3.63) is 0 Å². The molecule has 0 bridgehead atoms. The zero-order valence-electron chi connectivity index (χ0n) is 8.80. The van der Waals surface area contributed by atoms with E-state index in [9.17, 15) is 4.79 Å². The number of carbonyl (C=O) groups is 1. The van der Waals surface area contributed by atoms with Crippen LogP contribution < -0.4 is 0 Å². The smallest absolute Gasteiger partial charge is 0.324 e. The van der Waals surface area contributed by atoms with Crippen LogP contribution in [0.25, 0.3) is 0 Å². The van der Waals surface area contributed by atoms with Crippen LogP contribution in [0.4, 0.5) is 0 Å². The Morgan fingerprint density at radius 3 is 2.21 bits per heavy atom. The third-order valence-corrected chi connectivity index (χ3v) is 2.84. The summed E-state index contributed by atoms with van der Waals surface area (Å²) in [6.07, 6.45) is 8.35. The number of halogens is 1. The number of alkyl halides is 1. The highest BCUT2D eigenvalue weighted by Crippen LogP contribution is 2.20. The molecule has 0 aromatic heterocycles. The molecular weight excluding hydrogens is 200 g/mol. The number of carbonyl (C=O) groups excluding carboxylic acids is 1. The van der Waals surface area contributed by atoms with E-state index in [0.29, 0.717) is 0 Å². The number of ether oxygens (including phenoxy) is 1. The summed E-state index contributed by atoms with van der Waals surface area (Å²) in [5.74, 6) is -0.266. The van der Waals surface area contributed by atoms with Gasteiger partial charge in [-0.3, -0.25) is 4.79 Å². The van der Waals surface area contributed by atoms with Gasteiger partial charge in [-0.15, -0.1) is 11.6 Å². The maximum Gasteiger partial charge on any atom is 0.324 e. The fourth-order valence-electron chi connectivity index (χ4n) is 1.79. The molecule has 0 saturated heterocycles. The summed E-state index contributed by atoms with van der Waals surface area (Å²) in [4.78, 5) is 11.3. The van der Waals surface area contributed by atoms with Crippen LogP contribution in [0.3, 0.4) is 0 Å². The second-order valence-electron chi connectivity index (χ2n) is 4.02. The molecule has 1 rings (SSSR count). The highest BCUT2D eigenvalue weighted by molar-refractivity contribution is 6.29. The SMILES string of the molecule is C[C@H](Cl)C(=O)OC1CCCCCCC1. The van der Waals surface area contributed by atoms with Gasteiger partial charge in [-0.25, -0.2) is 0 Å². The number of hydrogen-bond acceptors (Lipinski definition) is 2. The van der Waals surface area contributed by atoms with Gasteiger partial charge < -0.3 is 4.74 Å². The zero-order chi connectivity index (χ0) is 10.4. The van der Waals surface area contributed by atoms with Crippen LogP contribution >= 0.6 is 11.6 Å². The minimum absolute atomic E-state index is 0.115. The molecule has 0 radical (unpaired) electrons. The molecule has 0 aromatic carbocycles. The van der Waals surface area contributed by atoms with E-state index in [2.05, 4.69) is 0 Å². The van der Waals surface area contributed by atoms with Gasteiger partial charge in [-0.2, -0.15) is 0 Å². The summed E-state index contributed by atoms with van der Waals surface area (Å²) < 4.78 is 5.32. The number of esters is 1. The van der Waals surface area contributed by atoms with E-state index < -0.39 is 5.38 Å². The van der Waals surface area contributed by atoms with Crippen molar-refractivity contribution in [3.63, 3.8) is 0 Å². The van der Waals surface area contributed by atoms with Gasteiger partial charge in [0.25, 0.3) is 0 Å². The molecule has 0 amide bonds. The van der Waals surface area contributed by atoms with Gasteiger partial charge in [-0.1, -0.05) is 19.3 Å². The third-order valence-electron chi connectivity index (χ3n) is 2.66. The molecule has 3 heteroatoms. The highest BCUT2D eigenvalue weighted by atomic mass is 35.5. The van der Waals surface area contributed by atoms with Gasteiger partial charge in [0.2, 0.25) is 0 Å². The van der Waals surface area contributed by atoms with Crippen LogP contribution in [-0.4, -0.2) is 17.5 Å². The third kappa shape index (κ3) is 4.32. The average Bonchev–Trinajstić information content (AvgIpc) is 2.08. The van der Waals surface area contributed by atoms with Gasteiger partial charge in [0.1, 0.15) is 11.5 Å². The van der Waals surface area contributed by atoms with Crippen molar-refractivity contribution in [1.82, 2.24) is 0 Å². The predicted octanol–water partition coefficient (Wildman–Crippen LogP) is 3.27. The second kappa shape index (κ2) is 6.28. The lowest BCUT2D eigenvalue weighted by Gasteiger charge is -2.20. The molecule has 14 heavy (non-hydrogen) atoms. The van der Waals surface area contributed by atoms with E-state index in [1.807, 2.05) is 0 Å². The molecule has 0 spiro atoms. The summed E-state index contributed by atoms with van der Waals surface area (Å²) in [6, 6.07) is 0. The quantitative estimate of drug-likeness (QED) is 0.525. The van der Waals surface area contributed by atoms with Crippen molar-refractivity contribution in [2.45, 2.75) is 63.4 Å². The van der Waals surface area contributed by atoms with E-state index in [0.717, 1.165) is 12.8 Å². The van der Waals surface area contributed by atoms with Crippen molar-refractivity contribution in [2.24, 2.45) is 0 Å². The Bertz CT molecular complexity index is 172. The van der Waals surface area contributed by atoms with E-state index in [4.69, 9.17) is 16.3 Å². The minimum Gasteiger partial charge on any atom is -0.461 e. The van der Waals surface area contributed by atoms with Gasteiger partial charge in [0.05, 0.1) is 0 Å². The molecular formula is C11H19ClO2. The predicted molar refractivity (Wildman–Crippen MR) is 57.5 cm³/mol. The Morgan fingerprint density at radius 2 is 1.71 bits per heavy atom. The summed E-state index contributed by atoms with van der Waals surface area (Å²) in [5, 5.41) is -0.513. The summed E-state index contributed by atoms with van der Waals surface area (Å²) >= 11 is 5.65. The zero-order valence-corrected chi connectivity index (χ0v) is 9.55. The Hall–Kier alpha value is -0.240. The first-order chi connectivity index (χ1) is 6.70. The van der Waals surface area contributed by atoms with Crippen LogP contribution in [0.5, 0.6) is 0 Å². The normalized spacial score (nSPS) is 22.1. The molecule has 0 unspecified atom stereocenters. The maximum absolute atomic E-state index is 11.3. The van der Waals surface area contributed by atoms with Crippen LogP contribution in [0, 0.1) is 0 Å².